The van der Waals surface area contributed by atoms with Gasteiger partial charge < -0.3 is 5.32 Å². The molecule has 1 N–H and O–H groups in total. The van der Waals surface area contributed by atoms with Crippen molar-refractivity contribution in [3.05, 3.63) is 89.2 Å². The molecule has 0 radical (unpaired) electrons. The molecule has 0 saturated heterocycles. The molecule has 0 saturated carbocycles. The molecule has 0 heterocycles. The molecule has 2 nitrogen and oxygen atoms in total. The van der Waals surface area contributed by atoms with Gasteiger partial charge in [-0.05, 0) is 29.8 Å². The molecule has 3 aromatic rings. The van der Waals surface area contributed by atoms with Crippen molar-refractivity contribution in [2.24, 2.45) is 0 Å². The van der Waals surface area contributed by atoms with E-state index in [0.29, 0.717) is 5.69 Å². The van der Waals surface area contributed by atoms with E-state index in [2.05, 4.69) is 5.32 Å². The number of anilines is 1. The van der Waals surface area contributed by atoms with Crippen LogP contribution in [-0.4, -0.2) is 5.91 Å². The molecule has 3 aromatic carbocycles. The lowest BCUT2D eigenvalue weighted by Crippen LogP contribution is -2.13. The van der Waals surface area contributed by atoms with Gasteiger partial charge >= 0.3 is 0 Å². The molecule has 0 fully saturated rings. The van der Waals surface area contributed by atoms with Crippen LogP contribution in [0.4, 0.5) is 10.1 Å². The summed E-state index contributed by atoms with van der Waals surface area (Å²) in [6, 6.07) is 20.9. The number of nitrogens with one attached hydrogen (secondary N) is 1. The number of carbonyl (C=O) groups excluding carboxylic acids is 1. The summed E-state index contributed by atoms with van der Waals surface area (Å²) in [5, 5.41) is 2.92. The lowest BCUT2D eigenvalue weighted by molar-refractivity contribution is 0.102. The predicted octanol–water partition coefficient (Wildman–Crippen LogP) is 5.40. The average Bonchev–Trinajstić information content (AvgIpc) is 2.56. The summed E-state index contributed by atoms with van der Waals surface area (Å²) in [6.07, 6.45) is 0. The third-order valence-corrected chi connectivity index (χ3v) is 3.75. The molecule has 1 amide bonds. The van der Waals surface area contributed by atoms with Crippen molar-refractivity contribution in [1.82, 2.24) is 0 Å². The first-order valence-electron chi connectivity index (χ1n) is 7.06. The van der Waals surface area contributed by atoms with Crippen LogP contribution in [0, 0.1) is 5.82 Å². The zero-order valence-corrected chi connectivity index (χ0v) is 12.8. The smallest absolute Gasteiger partial charge is 0.257 e. The van der Waals surface area contributed by atoms with Gasteiger partial charge in [0.2, 0.25) is 0 Å². The number of halogens is 2. The van der Waals surface area contributed by atoms with E-state index in [4.69, 9.17) is 11.6 Å². The molecule has 0 atom stereocenters. The van der Waals surface area contributed by atoms with Crippen LogP contribution in [0.25, 0.3) is 11.1 Å². The molecule has 0 aliphatic carbocycles. The Labute approximate surface area is 138 Å². The summed E-state index contributed by atoms with van der Waals surface area (Å²) in [5.74, 6) is -0.852. The van der Waals surface area contributed by atoms with Gasteiger partial charge in [-0.3, -0.25) is 4.79 Å². The van der Waals surface area contributed by atoms with Crippen LogP contribution in [0.1, 0.15) is 10.4 Å². The van der Waals surface area contributed by atoms with Crippen LogP contribution in [0.5, 0.6) is 0 Å². The minimum Gasteiger partial charge on any atom is -0.321 e. The molecule has 0 unspecified atom stereocenters. The van der Waals surface area contributed by atoms with Gasteiger partial charge in [0.1, 0.15) is 5.82 Å². The summed E-state index contributed by atoms with van der Waals surface area (Å²) in [7, 11) is 0. The van der Waals surface area contributed by atoms with Gasteiger partial charge in [0.15, 0.2) is 0 Å². The van der Waals surface area contributed by atoms with Gasteiger partial charge in [0.05, 0.1) is 10.6 Å². The third kappa shape index (κ3) is 3.41. The van der Waals surface area contributed by atoms with Crippen LogP contribution >= 0.6 is 11.6 Å². The Balaban J connectivity index is 1.93. The Kier molecular flexibility index (Phi) is 4.40. The number of para-hydroxylation sites is 1. The Morgan fingerprint density at radius 2 is 1.61 bits per heavy atom. The number of hydrogen-bond donors (Lipinski definition) is 1. The highest BCUT2D eigenvalue weighted by molar-refractivity contribution is 6.34. The Morgan fingerprint density at radius 1 is 0.913 bits per heavy atom. The maximum Gasteiger partial charge on any atom is 0.257 e. The van der Waals surface area contributed by atoms with Crippen molar-refractivity contribution >= 4 is 23.2 Å². The molecule has 0 aliphatic rings. The van der Waals surface area contributed by atoms with Gasteiger partial charge in [0, 0.05) is 11.3 Å². The quantitative estimate of drug-likeness (QED) is 0.686. The van der Waals surface area contributed by atoms with E-state index in [9.17, 15) is 9.18 Å². The monoisotopic (exact) mass is 325 g/mol. The first-order chi connectivity index (χ1) is 11.1. The van der Waals surface area contributed by atoms with Gasteiger partial charge in [-0.2, -0.15) is 0 Å². The van der Waals surface area contributed by atoms with E-state index < -0.39 is 5.82 Å². The van der Waals surface area contributed by atoms with Crippen molar-refractivity contribution in [2.75, 3.05) is 5.32 Å². The van der Waals surface area contributed by atoms with Crippen LogP contribution in [-0.2, 0) is 0 Å². The zero-order valence-electron chi connectivity index (χ0n) is 12.1. The largest absolute Gasteiger partial charge is 0.321 e. The molecule has 23 heavy (non-hydrogen) atoms. The predicted molar refractivity (Wildman–Crippen MR) is 91.2 cm³/mol. The maximum atomic E-state index is 13.1. The SMILES string of the molecule is O=C(Nc1ccccc1-c1ccccc1)c1ccc(F)cc1Cl. The minimum absolute atomic E-state index is 0.0830. The Morgan fingerprint density at radius 3 is 2.35 bits per heavy atom. The van der Waals surface area contributed by atoms with Crippen LogP contribution in [0.3, 0.4) is 0 Å². The van der Waals surface area contributed by atoms with Crippen molar-refractivity contribution in [2.45, 2.75) is 0 Å². The van der Waals surface area contributed by atoms with E-state index in [1.807, 2.05) is 54.6 Å². The summed E-state index contributed by atoms with van der Waals surface area (Å²) in [4.78, 5) is 12.4. The van der Waals surface area contributed by atoms with Crippen molar-refractivity contribution in [1.29, 1.82) is 0 Å². The topological polar surface area (TPSA) is 29.1 Å². The highest BCUT2D eigenvalue weighted by atomic mass is 35.5. The van der Waals surface area contributed by atoms with E-state index in [-0.39, 0.29) is 16.5 Å². The summed E-state index contributed by atoms with van der Waals surface area (Å²) < 4.78 is 13.1. The Bertz CT molecular complexity index is 849. The lowest BCUT2D eigenvalue weighted by Gasteiger charge is -2.12. The van der Waals surface area contributed by atoms with Crippen molar-refractivity contribution < 1.29 is 9.18 Å². The van der Waals surface area contributed by atoms with E-state index in [1.54, 1.807) is 0 Å². The molecule has 0 aliphatic heterocycles. The fraction of sp³-hybridized carbons (Fsp3) is 0. The summed E-state index contributed by atoms with van der Waals surface area (Å²) in [5.41, 5.74) is 2.80. The fourth-order valence-electron chi connectivity index (χ4n) is 2.32. The first-order valence-corrected chi connectivity index (χ1v) is 7.44. The molecule has 0 aromatic heterocycles. The molecular formula is C19H13ClFNO. The van der Waals surface area contributed by atoms with Crippen LogP contribution < -0.4 is 5.32 Å². The highest BCUT2D eigenvalue weighted by Gasteiger charge is 2.13. The highest BCUT2D eigenvalue weighted by Crippen LogP contribution is 2.28. The lowest BCUT2D eigenvalue weighted by atomic mass is 10.0. The first kappa shape index (κ1) is 15.3. The molecular weight excluding hydrogens is 313 g/mol. The second kappa shape index (κ2) is 6.63. The Hall–Kier alpha value is -2.65. The second-order valence-electron chi connectivity index (χ2n) is 4.99. The van der Waals surface area contributed by atoms with Crippen molar-refractivity contribution in [3.8, 4) is 11.1 Å². The normalized spacial score (nSPS) is 10.3. The summed E-state index contributed by atoms with van der Waals surface area (Å²) >= 11 is 5.95. The number of amides is 1. The van der Waals surface area contributed by atoms with Gasteiger partial charge in [-0.15, -0.1) is 0 Å². The number of carbonyl (C=O) groups is 1. The molecule has 0 spiro atoms. The van der Waals surface area contributed by atoms with Crippen molar-refractivity contribution in [3.63, 3.8) is 0 Å². The average molecular weight is 326 g/mol. The van der Waals surface area contributed by atoms with Crippen LogP contribution in [0.15, 0.2) is 72.8 Å². The number of benzene rings is 3. The van der Waals surface area contributed by atoms with E-state index in [1.165, 1.54) is 12.1 Å². The second-order valence-corrected chi connectivity index (χ2v) is 5.40. The number of rotatable bonds is 3. The third-order valence-electron chi connectivity index (χ3n) is 3.44. The van der Waals surface area contributed by atoms with E-state index >= 15 is 0 Å². The number of hydrogen-bond acceptors (Lipinski definition) is 1. The fourth-order valence-corrected chi connectivity index (χ4v) is 2.58. The zero-order chi connectivity index (χ0) is 16.2. The molecule has 0 bridgehead atoms. The molecule has 4 heteroatoms. The van der Waals surface area contributed by atoms with Gasteiger partial charge in [0.25, 0.3) is 5.91 Å². The molecule has 114 valence electrons. The van der Waals surface area contributed by atoms with Gasteiger partial charge in [-0.1, -0.05) is 60.1 Å². The van der Waals surface area contributed by atoms with Crippen LogP contribution in [0.2, 0.25) is 5.02 Å². The maximum absolute atomic E-state index is 13.1. The van der Waals surface area contributed by atoms with Gasteiger partial charge in [-0.25, -0.2) is 4.39 Å². The van der Waals surface area contributed by atoms with E-state index in [0.717, 1.165) is 17.2 Å². The minimum atomic E-state index is -0.476. The standard InChI is InChI=1S/C19H13ClFNO/c20-17-12-14(21)10-11-16(17)19(23)22-18-9-5-4-8-15(18)13-6-2-1-3-7-13/h1-12H,(H,22,23). The molecule has 3 rings (SSSR count). The summed E-state index contributed by atoms with van der Waals surface area (Å²) in [6.45, 7) is 0.